The van der Waals surface area contributed by atoms with Crippen LogP contribution in [-0.2, 0) is 0 Å². The Hall–Kier alpha value is -2.80. The first-order valence-corrected chi connectivity index (χ1v) is 11.4. The molecule has 1 aromatic carbocycles. The van der Waals surface area contributed by atoms with E-state index in [0.29, 0.717) is 28.8 Å². The van der Waals surface area contributed by atoms with Crippen molar-refractivity contribution < 1.29 is 9.59 Å². The number of amides is 2. The number of aromatic nitrogens is 2. The minimum absolute atomic E-state index is 0.0381. The first kappa shape index (κ1) is 20.5. The lowest BCUT2D eigenvalue weighted by atomic mass is 9.91. The lowest BCUT2D eigenvalue weighted by molar-refractivity contribution is 0.0624. The molecule has 0 saturated carbocycles. The van der Waals surface area contributed by atoms with Crippen molar-refractivity contribution in [2.75, 3.05) is 24.7 Å². The topological polar surface area (TPSA) is 66.7 Å². The van der Waals surface area contributed by atoms with Crippen LogP contribution in [0.4, 0.5) is 5.69 Å². The molecule has 2 atom stereocenters. The van der Waals surface area contributed by atoms with Gasteiger partial charge in [0, 0.05) is 19.3 Å². The number of thioether (sulfide) groups is 1. The quantitative estimate of drug-likeness (QED) is 0.632. The number of anilines is 1. The number of piperidine rings is 1. The molecule has 4 rings (SSSR count). The van der Waals surface area contributed by atoms with Crippen molar-refractivity contribution in [1.82, 2.24) is 14.3 Å². The third-order valence-electron chi connectivity index (χ3n) is 5.48. The first-order chi connectivity index (χ1) is 14.5. The number of nitrogens with zero attached hydrogens (tertiary/aromatic N) is 3. The molecule has 0 bridgehead atoms. The van der Waals surface area contributed by atoms with E-state index in [0.717, 1.165) is 30.2 Å². The third kappa shape index (κ3) is 3.94. The van der Waals surface area contributed by atoms with Gasteiger partial charge in [-0.2, -0.15) is 0 Å². The van der Waals surface area contributed by atoms with Gasteiger partial charge in [-0.05, 0) is 48.8 Å². The number of carbonyl (C=O) groups is 2. The van der Waals surface area contributed by atoms with Crippen LogP contribution in [0.3, 0.4) is 0 Å². The Morgan fingerprint density at radius 2 is 1.77 bits per heavy atom. The summed E-state index contributed by atoms with van der Waals surface area (Å²) in [5, 5.41) is 3.67. The molecule has 3 aromatic rings. The molecule has 0 unspecified atom stereocenters. The van der Waals surface area contributed by atoms with Crippen LogP contribution in [0.15, 0.2) is 53.8 Å². The van der Waals surface area contributed by atoms with Gasteiger partial charge in [0.25, 0.3) is 11.8 Å². The predicted molar refractivity (Wildman–Crippen MR) is 120 cm³/mol. The smallest absolute Gasteiger partial charge is 0.276 e. The van der Waals surface area contributed by atoms with Crippen molar-refractivity contribution in [2.24, 2.45) is 11.8 Å². The number of carbonyl (C=O) groups excluding carboxylic acids is 2. The van der Waals surface area contributed by atoms with Gasteiger partial charge in [0.1, 0.15) is 0 Å². The van der Waals surface area contributed by atoms with E-state index < -0.39 is 0 Å². The van der Waals surface area contributed by atoms with Crippen LogP contribution >= 0.6 is 11.8 Å². The van der Waals surface area contributed by atoms with Gasteiger partial charge < -0.3 is 10.2 Å². The Labute approximate surface area is 180 Å². The summed E-state index contributed by atoms with van der Waals surface area (Å²) in [5.74, 6) is 0.589. The molecule has 7 heteroatoms. The summed E-state index contributed by atoms with van der Waals surface area (Å²) in [4.78, 5) is 32.7. The van der Waals surface area contributed by atoms with Gasteiger partial charge in [-0.15, -0.1) is 0 Å². The summed E-state index contributed by atoms with van der Waals surface area (Å²) >= 11 is 1.48. The van der Waals surface area contributed by atoms with Crippen molar-refractivity contribution in [1.29, 1.82) is 0 Å². The average molecular weight is 423 g/mol. The maximum Gasteiger partial charge on any atom is 0.276 e. The first-order valence-electron chi connectivity index (χ1n) is 10.2. The van der Waals surface area contributed by atoms with Crippen LogP contribution in [0.25, 0.3) is 5.52 Å². The van der Waals surface area contributed by atoms with Gasteiger partial charge in [-0.25, -0.2) is 4.98 Å². The van der Waals surface area contributed by atoms with Crippen LogP contribution in [-0.4, -0.2) is 45.4 Å². The van der Waals surface area contributed by atoms with Gasteiger partial charge in [-0.1, -0.05) is 43.8 Å². The molecule has 156 valence electrons. The van der Waals surface area contributed by atoms with E-state index in [1.54, 1.807) is 12.1 Å². The maximum absolute atomic E-state index is 13.2. The monoisotopic (exact) mass is 422 g/mol. The summed E-state index contributed by atoms with van der Waals surface area (Å²) < 4.78 is 1.90. The third-order valence-corrected chi connectivity index (χ3v) is 6.13. The highest BCUT2D eigenvalue weighted by molar-refractivity contribution is 7.98. The maximum atomic E-state index is 13.2. The molecule has 1 N–H and O–H groups in total. The molecule has 0 spiro atoms. The lowest BCUT2D eigenvalue weighted by Crippen LogP contribution is -2.42. The van der Waals surface area contributed by atoms with E-state index in [1.807, 2.05) is 52.1 Å². The zero-order chi connectivity index (χ0) is 21.3. The number of para-hydroxylation sites is 1. The highest BCUT2D eigenvalue weighted by Crippen LogP contribution is 2.26. The van der Waals surface area contributed by atoms with E-state index in [-0.39, 0.29) is 11.8 Å². The second-order valence-electron chi connectivity index (χ2n) is 8.06. The van der Waals surface area contributed by atoms with E-state index in [9.17, 15) is 9.59 Å². The van der Waals surface area contributed by atoms with Crippen molar-refractivity contribution >= 4 is 34.8 Å². The molecule has 1 aliphatic heterocycles. The van der Waals surface area contributed by atoms with E-state index in [1.165, 1.54) is 11.8 Å². The number of imidazole rings is 1. The number of rotatable bonds is 4. The number of benzene rings is 1. The van der Waals surface area contributed by atoms with Crippen molar-refractivity contribution in [3.63, 3.8) is 0 Å². The summed E-state index contributed by atoms with van der Waals surface area (Å²) in [6.45, 7) is 5.84. The van der Waals surface area contributed by atoms with Crippen LogP contribution in [0, 0.1) is 11.8 Å². The number of hydrogen-bond acceptors (Lipinski definition) is 4. The fourth-order valence-electron chi connectivity index (χ4n) is 4.28. The normalized spacial score (nSPS) is 19.1. The molecule has 0 radical (unpaired) electrons. The summed E-state index contributed by atoms with van der Waals surface area (Å²) in [7, 11) is 0. The number of fused-ring (bicyclic) bond motifs is 1. The molecule has 1 saturated heterocycles. The van der Waals surface area contributed by atoms with Gasteiger partial charge in [-0.3, -0.25) is 14.0 Å². The van der Waals surface area contributed by atoms with Crippen LogP contribution in [0.5, 0.6) is 0 Å². The number of pyridine rings is 1. The van der Waals surface area contributed by atoms with Crippen molar-refractivity contribution in [3.8, 4) is 0 Å². The Morgan fingerprint density at radius 1 is 1.07 bits per heavy atom. The SMILES string of the molecule is CSc1nc(C(=O)Nc2ccccc2C(=O)N2C[C@@H](C)C[C@H](C)C2)c2ccccn12. The largest absolute Gasteiger partial charge is 0.338 e. The highest BCUT2D eigenvalue weighted by atomic mass is 32.2. The fraction of sp³-hybridized carbons (Fsp3) is 0.348. The number of nitrogens with one attached hydrogen (secondary N) is 1. The number of hydrogen-bond donors (Lipinski definition) is 1. The minimum atomic E-state index is -0.320. The molecule has 2 aromatic heterocycles. The molecule has 6 nitrogen and oxygen atoms in total. The second-order valence-corrected chi connectivity index (χ2v) is 8.83. The van der Waals surface area contributed by atoms with Gasteiger partial charge >= 0.3 is 0 Å². The summed E-state index contributed by atoms with van der Waals surface area (Å²) in [5.41, 5.74) is 2.12. The molecule has 3 heterocycles. The van der Waals surface area contributed by atoms with E-state index >= 15 is 0 Å². The van der Waals surface area contributed by atoms with Crippen LogP contribution < -0.4 is 5.32 Å². The zero-order valence-electron chi connectivity index (χ0n) is 17.5. The van der Waals surface area contributed by atoms with Crippen molar-refractivity contribution in [3.05, 3.63) is 59.9 Å². The Kier molecular flexibility index (Phi) is 5.81. The predicted octanol–water partition coefficient (Wildman–Crippen LogP) is 4.43. The summed E-state index contributed by atoms with van der Waals surface area (Å²) in [6, 6.07) is 12.9. The molecule has 2 amide bonds. The average Bonchev–Trinajstić information content (AvgIpc) is 3.12. The summed E-state index contributed by atoms with van der Waals surface area (Å²) in [6.07, 6.45) is 4.95. The van der Waals surface area contributed by atoms with Crippen molar-refractivity contribution in [2.45, 2.75) is 25.4 Å². The van der Waals surface area contributed by atoms with E-state index in [4.69, 9.17) is 0 Å². The minimum Gasteiger partial charge on any atom is -0.338 e. The highest BCUT2D eigenvalue weighted by Gasteiger charge is 2.28. The van der Waals surface area contributed by atoms with Crippen LogP contribution in [0.1, 0.15) is 41.1 Å². The number of likely N-dealkylation sites (tertiary alicyclic amines) is 1. The van der Waals surface area contributed by atoms with Gasteiger partial charge in [0.2, 0.25) is 0 Å². The van der Waals surface area contributed by atoms with Crippen LogP contribution in [0.2, 0.25) is 0 Å². The Morgan fingerprint density at radius 3 is 2.50 bits per heavy atom. The molecule has 1 aliphatic rings. The standard InChI is InChI=1S/C23H26N4O2S/c1-15-12-16(2)14-26(13-15)22(29)17-8-4-5-9-18(17)24-21(28)20-19-10-6-7-11-27(19)23(25-20)30-3/h4-11,15-16H,12-14H2,1-3H3,(H,24,28)/t15-,16-/m0/s1. The fourth-order valence-corrected chi connectivity index (χ4v) is 4.82. The second kappa shape index (κ2) is 8.52. The molecular formula is C23H26N4O2S. The van der Waals surface area contributed by atoms with Gasteiger partial charge in [0.05, 0.1) is 16.8 Å². The molecule has 0 aliphatic carbocycles. The Bertz CT molecular complexity index is 1080. The molecule has 30 heavy (non-hydrogen) atoms. The molecular weight excluding hydrogens is 396 g/mol. The molecule has 1 fully saturated rings. The Balaban J connectivity index is 1.62. The van der Waals surface area contributed by atoms with Gasteiger partial charge in [0.15, 0.2) is 10.9 Å². The van der Waals surface area contributed by atoms with E-state index in [2.05, 4.69) is 24.1 Å². The zero-order valence-corrected chi connectivity index (χ0v) is 18.3. The lowest BCUT2D eigenvalue weighted by Gasteiger charge is -2.35.